The van der Waals surface area contributed by atoms with Crippen molar-refractivity contribution in [2.75, 3.05) is 4.90 Å². The third kappa shape index (κ3) is 3.80. The molecule has 0 aliphatic carbocycles. The van der Waals surface area contributed by atoms with Gasteiger partial charge in [-0.3, -0.25) is 9.48 Å². The highest BCUT2D eigenvalue weighted by Crippen LogP contribution is 2.21. The maximum Gasteiger partial charge on any atom is 0.356 e. The van der Waals surface area contributed by atoms with Crippen molar-refractivity contribution in [2.45, 2.75) is 19.5 Å². The van der Waals surface area contributed by atoms with E-state index in [1.165, 1.54) is 16.9 Å². The van der Waals surface area contributed by atoms with Gasteiger partial charge in [0.05, 0.1) is 6.54 Å². The molecule has 0 bridgehead atoms. The molecule has 0 spiro atoms. The molecule has 1 amide bonds. The van der Waals surface area contributed by atoms with Crippen LogP contribution in [-0.2, 0) is 11.3 Å². The molecule has 3 aromatic rings. The van der Waals surface area contributed by atoms with Gasteiger partial charge in [-0.2, -0.15) is 5.10 Å². The zero-order valence-corrected chi connectivity index (χ0v) is 14.3. The number of benzene rings is 2. The molecule has 132 valence electrons. The number of hydrogen-bond acceptors (Lipinski definition) is 3. The first kappa shape index (κ1) is 17.4. The van der Waals surface area contributed by atoms with Crippen LogP contribution in [-0.4, -0.2) is 26.8 Å². The molecule has 1 heterocycles. The van der Waals surface area contributed by atoms with Gasteiger partial charge >= 0.3 is 5.97 Å². The molecule has 0 radical (unpaired) electrons. The molecule has 0 aliphatic heterocycles. The molecule has 0 saturated carbocycles. The summed E-state index contributed by atoms with van der Waals surface area (Å²) in [6, 6.07) is 19.9. The Balaban J connectivity index is 1.89. The highest BCUT2D eigenvalue weighted by Gasteiger charge is 2.24. The number of aromatic carboxylic acids is 1. The van der Waals surface area contributed by atoms with Crippen LogP contribution in [0.1, 0.15) is 29.0 Å². The van der Waals surface area contributed by atoms with Crippen molar-refractivity contribution in [3.63, 3.8) is 0 Å². The number of carbonyl (C=O) groups excluding carboxylic acids is 1. The first-order chi connectivity index (χ1) is 12.6. The minimum absolute atomic E-state index is 0.0843. The Bertz CT molecular complexity index is 891. The fourth-order valence-electron chi connectivity index (χ4n) is 2.68. The highest BCUT2D eigenvalue weighted by atomic mass is 16.4. The smallest absolute Gasteiger partial charge is 0.356 e. The van der Waals surface area contributed by atoms with E-state index in [1.54, 1.807) is 11.8 Å². The third-order valence-corrected chi connectivity index (χ3v) is 4.10. The van der Waals surface area contributed by atoms with Crippen molar-refractivity contribution in [1.82, 2.24) is 9.78 Å². The first-order valence-electron chi connectivity index (χ1n) is 8.25. The average molecular weight is 349 g/mol. The fourth-order valence-corrected chi connectivity index (χ4v) is 2.68. The number of aromatic nitrogens is 2. The summed E-state index contributed by atoms with van der Waals surface area (Å²) in [6.07, 6.45) is 1.51. The first-order valence-corrected chi connectivity index (χ1v) is 8.25. The van der Waals surface area contributed by atoms with Gasteiger partial charge in [-0.25, -0.2) is 4.79 Å². The quantitative estimate of drug-likeness (QED) is 0.740. The van der Waals surface area contributed by atoms with E-state index in [9.17, 15) is 9.59 Å². The van der Waals surface area contributed by atoms with Crippen molar-refractivity contribution in [3.05, 3.63) is 84.2 Å². The standard InChI is InChI=1S/C20H19N3O3/c1-15(23-13-12-18(21-23)20(25)26)19(24)22(17-10-6-3-7-11-17)14-16-8-4-2-5-9-16/h2-13,15H,14H2,1H3,(H,25,26). The Kier molecular flexibility index (Phi) is 5.12. The Labute approximate surface area is 151 Å². The number of amides is 1. The van der Waals surface area contributed by atoms with Crippen LogP contribution in [0.5, 0.6) is 0 Å². The lowest BCUT2D eigenvalue weighted by atomic mass is 10.1. The topological polar surface area (TPSA) is 75.4 Å². The highest BCUT2D eigenvalue weighted by molar-refractivity contribution is 5.95. The minimum atomic E-state index is -1.12. The second-order valence-corrected chi connectivity index (χ2v) is 5.91. The summed E-state index contributed by atoms with van der Waals surface area (Å²) in [5, 5.41) is 13.0. The third-order valence-electron chi connectivity index (χ3n) is 4.10. The number of anilines is 1. The number of nitrogens with zero attached hydrogens (tertiary/aromatic N) is 3. The SMILES string of the molecule is CC(C(=O)N(Cc1ccccc1)c1ccccc1)n1ccc(C(=O)O)n1. The number of rotatable bonds is 6. The maximum absolute atomic E-state index is 13.1. The Morgan fingerprint density at radius 2 is 1.65 bits per heavy atom. The van der Waals surface area contributed by atoms with Gasteiger partial charge in [-0.15, -0.1) is 0 Å². The van der Waals surface area contributed by atoms with Crippen molar-refractivity contribution in [2.24, 2.45) is 0 Å². The summed E-state index contributed by atoms with van der Waals surface area (Å²) in [6.45, 7) is 2.13. The summed E-state index contributed by atoms with van der Waals surface area (Å²) < 4.78 is 1.38. The van der Waals surface area contributed by atoms with E-state index in [0.29, 0.717) is 6.54 Å². The molecule has 0 saturated heterocycles. The molecule has 3 rings (SSSR count). The number of para-hydroxylation sites is 1. The second-order valence-electron chi connectivity index (χ2n) is 5.91. The molecule has 1 aromatic heterocycles. The van der Waals surface area contributed by atoms with E-state index < -0.39 is 12.0 Å². The van der Waals surface area contributed by atoms with Gasteiger partial charge in [-0.1, -0.05) is 48.5 Å². The normalized spacial score (nSPS) is 11.7. The van der Waals surface area contributed by atoms with Crippen LogP contribution in [0.4, 0.5) is 5.69 Å². The van der Waals surface area contributed by atoms with E-state index in [-0.39, 0.29) is 11.6 Å². The number of carboxylic acid groups (broad SMARTS) is 1. The predicted molar refractivity (Wildman–Crippen MR) is 98.0 cm³/mol. The second kappa shape index (κ2) is 7.65. The van der Waals surface area contributed by atoms with E-state index >= 15 is 0 Å². The zero-order valence-electron chi connectivity index (χ0n) is 14.3. The summed E-state index contributed by atoms with van der Waals surface area (Å²) >= 11 is 0. The molecule has 1 N–H and O–H groups in total. The van der Waals surface area contributed by atoms with Crippen LogP contribution < -0.4 is 4.90 Å². The van der Waals surface area contributed by atoms with E-state index in [0.717, 1.165) is 11.3 Å². The number of hydrogen-bond donors (Lipinski definition) is 1. The lowest BCUT2D eigenvalue weighted by Gasteiger charge is -2.26. The molecular formula is C20H19N3O3. The monoisotopic (exact) mass is 349 g/mol. The van der Waals surface area contributed by atoms with Crippen LogP contribution in [0.25, 0.3) is 0 Å². The Morgan fingerprint density at radius 3 is 2.23 bits per heavy atom. The molecule has 6 nitrogen and oxygen atoms in total. The van der Waals surface area contributed by atoms with Gasteiger partial charge in [0, 0.05) is 11.9 Å². The van der Waals surface area contributed by atoms with Crippen molar-refractivity contribution in [1.29, 1.82) is 0 Å². The number of carbonyl (C=O) groups is 2. The average Bonchev–Trinajstić information content (AvgIpc) is 3.17. The maximum atomic E-state index is 13.1. The van der Waals surface area contributed by atoms with Gasteiger partial charge < -0.3 is 10.0 Å². The molecule has 1 atom stereocenters. The van der Waals surface area contributed by atoms with Gasteiger partial charge in [-0.05, 0) is 30.7 Å². The van der Waals surface area contributed by atoms with Gasteiger partial charge in [0.1, 0.15) is 6.04 Å². The van der Waals surface area contributed by atoms with Crippen LogP contribution in [0.3, 0.4) is 0 Å². The van der Waals surface area contributed by atoms with Crippen LogP contribution in [0.15, 0.2) is 72.9 Å². The van der Waals surface area contributed by atoms with Crippen LogP contribution in [0, 0.1) is 0 Å². The van der Waals surface area contributed by atoms with Crippen molar-refractivity contribution in [3.8, 4) is 0 Å². The predicted octanol–water partition coefficient (Wildman–Crippen LogP) is 3.38. The fraction of sp³-hybridized carbons (Fsp3) is 0.150. The van der Waals surface area contributed by atoms with Crippen molar-refractivity contribution < 1.29 is 14.7 Å². The van der Waals surface area contributed by atoms with E-state index in [4.69, 9.17) is 5.11 Å². The van der Waals surface area contributed by atoms with E-state index in [1.807, 2.05) is 60.7 Å². The molecule has 1 unspecified atom stereocenters. The Hall–Kier alpha value is -3.41. The molecular weight excluding hydrogens is 330 g/mol. The molecule has 26 heavy (non-hydrogen) atoms. The Morgan fingerprint density at radius 1 is 1.04 bits per heavy atom. The van der Waals surface area contributed by atoms with Gasteiger partial charge in [0.2, 0.25) is 0 Å². The summed E-state index contributed by atoms with van der Waals surface area (Å²) in [5.74, 6) is -1.28. The van der Waals surface area contributed by atoms with Crippen LogP contribution in [0.2, 0.25) is 0 Å². The van der Waals surface area contributed by atoms with Gasteiger partial charge in [0.15, 0.2) is 5.69 Å². The largest absolute Gasteiger partial charge is 0.476 e. The summed E-state index contributed by atoms with van der Waals surface area (Å²) in [7, 11) is 0. The molecule has 0 fully saturated rings. The lowest BCUT2D eigenvalue weighted by molar-refractivity contribution is -0.121. The zero-order chi connectivity index (χ0) is 18.5. The molecule has 0 aliphatic rings. The van der Waals surface area contributed by atoms with Crippen LogP contribution >= 0.6 is 0 Å². The summed E-state index contributed by atoms with van der Waals surface area (Å²) in [4.78, 5) is 25.9. The van der Waals surface area contributed by atoms with Gasteiger partial charge in [0.25, 0.3) is 5.91 Å². The van der Waals surface area contributed by atoms with E-state index in [2.05, 4.69) is 5.10 Å². The molecule has 6 heteroatoms. The minimum Gasteiger partial charge on any atom is -0.476 e. The lowest BCUT2D eigenvalue weighted by Crippen LogP contribution is -2.36. The summed E-state index contributed by atoms with van der Waals surface area (Å²) in [5.41, 5.74) is 1.70. The molecule has 2 aromatic carbocycles. The van der Waals surface area contributed by atoms with Crippen molar-refractivity contribution >= 4 is 17.6 Å². The number of carboxylic acids is 1.